The van der Waals surface area contributed by atoms with Crippen LogP contribution in [0.1, 0.15) is 0 Å². The number of pyridine rings is 4. The summed E-state index contributed by atoms with van der Waals surface area (Å²) in [5.41, 5.74) is 7.06. The standard InChI is InChI=1S/C23H15N7O/c31-14-9-13(11-24-12-14)17-4-5-19-21(27-17)22(30-29-19)20-10-16-15(6-8-26-23(16)28-20)18-3-1-2-7-25-18/h1-12,31H,(H,26,28)(H,29,30). The van der Waals surface area contributed by atoms with Gasteiger partial charge in [-0.3, -0.25) is 15.1 Å². The van der Waals surface area contributed by atoms with Crippen LogP contribution in [0.4, 0.5) is 0 Å². The molecule has 148 valence electrons. The number of aromatic nitrogens is 7. The van der Waals surface area contributed by atoms with Crippen molar-refractivity contribution in [2.45, 2.75) is 0 Å². The van der Waals surface area contributed by atoms with E-state index in [0.29, 0.717) is 16.9 Å². The normalized spacial score (nSPS) is 11.4. The summed E-state index contributed by atoms with van der Waals surface area (Å²) in [5, 5.41) is 18.2. The maximum atomic E-state index is 9.75. The summed E-state index contributed by atoms with van der Waals surface area (Å²) in [6.45, 7) is 0. The number of rotatable bonds is 3. The largest absolute Gasteiger partial charge is 0.506 e. The monoisotopic (exact) mass is 405 g/mol. The highest BCUT2D eigenvalue weighted by atomic mass is 16.3. The van der Waals surface area contributed by atoms with Gasteiger partial charge in [-0.15, -0.1) is 0 Å². The molecule has 0 fully saturated rings. The van der Waals surface area contributed by atoms with Crippen molar-refractivity contribution in [1.29, 1.82) is 0 Å². The molecule has 0 spiro atoms. The van der Waals surface area contributed by atoms with Crippen molar-refractivity contribution in [1.82, 2.24) is 35.1 Å². The molecule has 0 aromatic carbocycles. The van der Waals surface area contributed by atoms with Crippen LogP contribution in [0, 0.1) is 0 Å². The highest BCUT2D eigenvalue weighted by Crippen LogP contribution is 2.32. The summed E-state index contributed by atoms with van der Waals surface area (Å²) in [6, 6.07) is 15.2. The van der Waals surface area contributed by atoms with Crippen molar-refractivity contribution in [3.05, 3.63) is 73.3 Å². The van der Waals surface area contributed by atoms with Crippen LogP contribution in [0.15, 0.2) is 73.3 Å². The van der Waals surface area contributed by atoms with Gasteiger partial charge in [0, 0.05) is 35.1 Å². The molecule has 6 aromatic rings. The molecule has 0 radical (unpaired) electrons. The number of H-pyrrole nitrogens is 2. The molecule has 3 N–H and O–H groups in total. The van der Waals surface area contributed by atoms with E-state index in [4.69, 9.17) is 4.98 Å². The van der Waals surface area contributed by atoms with Crippen molar-refractivity contribution in [3.63, 3.8) is 0 Å². The van der Waals surface area contributed by atoms with Gasteiger partial charge in [0.1, 0.15) is 22.6 Å². The zero-order chi connectivity index (χ0) is 20.8. The van der Waals surface area contributed by atoms with Crippen LogP contribution in [0.2, 0.25) is 0 Å². The van der Waals surface area contributed by atoms with Crippen molar-refractivity contribution < 1.29 is 5.11 Å². The van der Waals surface area contributed by atoms with Gasteiger partial charge in [0.2, 0.25) is 0 Å². The molecule has 0 atom stereocenters. The number of hydrogen-bond acceptors (Lipinski definition) is 6. The lowest BCUT2D eigenvalue weighted by atomic mass is 10.1. The zero-order valence-electron chi connectivity index (χ0n) is 16.1. The molecule has 0 saturated heterocycles. The van der Waals surface area contributed by atoms with Crippen molar-refractivity contribution >= 4 is 22.1 Å². The Morgan fingerprint density at radius 3 is 2.71 bits per heavy atom. The van der Waals surface area contributed by atoms with E-state index >= 15 is 0 Å². The Morgan fingerprint density at radius 2 is 1.84 bits per heavy atom. The second-order valence-electron chi connectivity index (χ2n) is 7.12. The van der Waals surface area contributed by atoms with E-state index in [9.17, 15) is 5.11 Å². The summed E-state index contributed by atoms with van der Waals surface area (Å²) >= 11 is 0. The Balaban J connectivity index is 1.51. The topological polar surface area (TPSA) is 116 Å². The first-order valence-electron chi connectivity index (χ1n) is 9.65. The predicted molar refractivity (Wildman–Crippen MR) is 117 cm³/mol. The maximum absolute atomic E-state index is 9.75. The molecule has 0 aliphatic rings. The van der Waals surface area contributed by atoms with Gasteiger partial charge < -0.3 is 10.1 Å². The number of aromatic amines is 2. The Morgan fingerprint density at radius 1 is 0.871 bits per heavy atom. The van der Waals surface area contributed by atoms with Crippen LogP contribution in [0.3, 0.4) is 0 Å². The average Bonchev–Trinajstić information content (AvgIpc) is 3.43. The molecular formula is C23H15N7O. The highest BCUT2D eigenvalue weighted by molar-refractivity contribution is 5.98. The first-order chi connectivity index (χ1) is 15.3. The Labute approximate surface area is 175 Å². The molecule has 0 bridgehead atoms. The molecule has 0 aliphatic heterocycles. The van der Waals surface area contributed by atoms with Crippen LogP contribution in [-0.2, 0) is 0 Å². The second kappa shape index (κ2) is 6.74. The van der Waals surface area contributed by atoms with Gasteiger partial charge in [-0.05, 0) is 42.5 Å². The molecule has 0 unspecified atom stereocenters. The fourth-order valence-corrected chi connectivity index (χ4v) is 3.72. The number of hydrogen-bond donors (Lipinski definition) is 3. The average molecular weight is 405 g/mol. The summed E-state index contributed by atoms with van der Waals surface area (Å²) in [7, 11) is 0. The predicted octanol–water partition coefficient (Wildman–Crippen LogP) is 4.33. The third-order valence-electron chi connectivity index (χ3n) is 5.16. The van der Waals surface area contributed by atoms with Gasteiger partial charge in [0.25, 0.3) is 0 Å². The summed E-state index contributed by atoms with van der Waals surface area (Å²) in [4.78, 5) is 21.1. The molecule has 6 heterocycles. The Kier molecular flexibility index (Phi) is 3.76. The number of aromatic hydroxyl groups is 1. The minimum absolute atomic E-state index is 0.0931. The molecule has 6 aromatic heterocycles. The Hall–Kier alpha value is -4.59. The van der Waals surface area contributed by atoms with E-state index in [1.54, 1.807) is 24.7 Å². The second-order valence-corrected chi connectivity index (χ2v) is 7.12. The van der Waals surface area contributed by atoms with E-state index in [-0.39, 0.29) is 5.75 Å². The van der Waals surface area contributed by atoms with Crippen LogP contribution < -0.4 is 0 Å². The Bertz CT molecular complexity index is 1550. The van der Waals surface area contributed by atoms with Crippen LogP contribution in [0.5, 0.6) is 5.75 Å². The summed E-state index contributed by atoms with van der Waals surface area (Å²) in [5.74, 6) is 0.0931. The third-order valence-corrected chi connectivity index (χ3v) is 5.16. The maximum Gasteiger partial charge on any atom is 0.138 e. The van der Waals surface area contributed by atoms with Gasteiger partial charge >= 0.3 is 0 Å². The fourth-order valence-electron chi connectivity index (χ4n) is 3.72. The minimum Gasteiger partial charge on any atom is -0.506 e. The van der Waals surface area contributed by atoms with E-state index in [0.717, 1.165) is 39.1 Å². The highest BCUT2D eigenvalue weighted by Gasteiger charge is 2.16. The number of nitrogens with zero attached hydrogens (tertiary/aromatic N) is 5. The molecular weight excluding hydrogens is 390 g/mol. The molecule has 0 amide bonds. The molecule has 31 heavy (non-hydrogen) atoms. The first kappa shape index (κ1) is 17.3. The van der Waals surface area contributed by atoms with Gasteiger partial charge in [0.05, 0.1) is 28.8 Å². The van der Waals surface area contributed by atoms with Gasteiger partial charge in [0.15, 0.2) is 0 Å². The van der Waals surface area contributed by atoms with E-state index in [2.05, 4.69) is 30.1 Å². The number of fused-ring (bicyclic) bond motifs is 2. The van der Waals surface area contributed by atoms with Crippen LogP contribution in [-0.4, -0.2) is 40.2 Å². The van der Waals surface area contributed by atoms with Crippen LogP contribution >= 0.6 is 0 Å². The molecule has 8 nitrogen and oxygen atoms in total. The van der Waals surface area contributed by atoms with Crippen LogP contribution in [0.25, 0.3) is 56.0 Å². The van der Waals surface area contributed by atoms with E-state index in [1.165, 1.54) is 6.20 Å². The van der Waals surface area contributed by atoms with Crippen molar-refractivity contribution in [2.24, 2.45) is 0 Å². The lowest BCUT2D eigenvalue weighted by Crippen LogP contribution is -1.87. The van der Waals surface area contributed by atoms with Gasteiger partial charge in [-0.25, -0.2) is 9.97 Å². The van der Waals surface area contributed by atoms with E-state index in [1.807, 2.05) is 42.5 Å². The minimum atomic E-state index is 0.0931. The van der Waals surface area contributed by atoms with Gasteiger partial charge in [-0.2, -0.15) is 5.10 Å². The summed E-state index contributed by atoms with van der Waals surface area (Å²) in [6.07, 6.45) is 6.60. The molecule has 0 saturated carbocycles. The number of nitrogens with one attached hydrogen (secondary N) is 2. The molecule has 8 heteroatoms. The lowest BCUT2D eigenvalue weighted by Gasteiger charge is -2.01. The van der Waals surface area contributed by atoms with Crippen molar-refractivity contribution in [3.8, 4) is 39.7 Å². The summed E-state index contributed by atoms with van der Waals surface area (Å²) < 4.78 is 0. The first-order valence-corrected chi connectivity index (χ1v) is 9.65. The van der Waals surface area contributed by atoms with Crippen molar-refractivity contribution in [2.75, 3.05) is 0 Å². The smallest absolute Gasteiger partial charge is 0.138 e. The van der Waals surface area contributed by atoms with Gasteiger partial charge in [-0.1, -0.05) is 6.07 Å². The lowest BCUT2D eigenvalue weighted by molar-refractivity contribution is 0.473. The zero-order valence-corrected chi connectivity index (χ0v) is 16.1. The quantitative estimate of drug-likeness (QED) is 0.403. The third kappa shape index (κ3) is 2.89. The molecule has 6 rings (SSSR count). The molecule has 0 aliphatic carbocycles. The SMILES string of the molecule is Oc1cncc(-c2ccc3[nH]nc(-c4cc5c(-c6ccccn6)ccnc5[nH]4)c3n2)c1. The fraction of sp³-hybridized carbons (Fsp3) is 0. The van der Waals surface area contributed by atoms with E-state index < -0.39 is 0 Å².